The zero-order valence-corrected chi connectivity index (χ0v) is 9.16. The highest BCUT2D eigenvalue weighted by molar-refractivity contribution is 5.85. The molecule has 82 valence electrons. The minimum atomic E-state index is -0.249. The summed E-state index contributed by atoms with van der Waals surface area (Å²) in [6.07, 6.45) is 0.512. The third-order valence-electron chi connectivity index (χ3n) is 2.31. The molecule has 15 heavy (non-hydrogen) atoms. The zero-order valence-electron chi connectivity index (χ0n) is 9.16. The molecule has 3 heteroatoms. The number of hydrogen-bond acceptors (Lipinski definition) is 3. The van der Waals surface area contributed by atoms with Crippen LogP contribution < -0.4 is 5.32 Å². The van der Waals surface area contributed by atoms with Crippen LogP contribution in [0.2, 0.25) is 0 Å². The quantitative estimate of drug-likeness (QED) is 0.776. The van der Waals surface area contributed by atoms with E-state index in [1.165, 1.54) is 0 Å². The van der Waals surface area contributed by atoms with E-state index in [1.54, 1.807) is 24.3 Å². The van der Waals surface area contributed by atoms with Crippen LogP contribution in [0.3, 0.4) is 0 Å². The molecule has 0 amide bonds. The SMILES string of the molecule is CCNC(C(=O)CC)c1ccc(O)cc1. The smallest absolute Gasteiger partial charge is 0.153 e. The zero-order chi connectivity index (χ0) is 11.3. The second kappa shape index (κ2) is 5.51. The first-order valence-electron chi connectivity index (χ1n) is 5.24. The Bertz CT molecular complexity index is 319. The molecule has 0 aliphatic heterocycles. The molecule has 0 aromatic heterocycles. The van der Waals surface area contributed by atoms with Crippen molar-refractivity contribution in [1.29, 1.82) is 0 Å². The Morgan fingerprint density at radius 3 is 2.40 bits per heavy atom. The summed E-state index contributed by atoms with van der Waals surface area (Å²) in [6, 6.07) is 6.50. The third-order valence-corrected chi connectivity index (χ3v) is 2.31. The van der Waals surface area contributed by atoms with Crippen molar-refractivity contribution >= 4 is 5.78 Å². The molecule has 1 aromatic rings. The standard InChI is InChI=1S/C12H17NO2/c1-3-11(15)12(13-4-2)9-5-7-10(14)8-6-9/h5-8,12-14H,3-4H2,1-2H3. The number of likely N-dealkylation sites (N-methyl/N-ethyl adjacent to an activating group) is 1. The van der Waals surface area contributed by atoms with Crippen LogP contribution in [-0.2, 0) is 4.79 Å². The van der Waals surface area contributed by atoms with Gasteiger partial charge in [-0.05, 0) is 24.2 Å². The fourth-order valence-corrected chi connectivity index (χ4v) is 1.49. The lowest BCUT2D eigenvalue weighted by molar-refractivity contribution is -0.120. The summed E-state index contributed by atoms with van der Waals surface area (Å²) >= 11 is 0. The van der Waals surface area contributed by atoms with Gasteiger partial charge in [0.05, 0.1) is 6.04 Å². The van der Waals surface area contributed by atoms with Crippen molar-refractivity contribution in [3.8, 4) is 5.75 Å². The van der Waals surface area contributed by atoms with Crippen molar-refractivity contribution < 1.29 is 9.90 Å². The number of carbonyl (C=O) groups excluding carboxylic acids is 1. The van der Waals surface area contributed by atoms with Crippen LogP contribution in [0.4, 0.5) is 0 Å². The van der Waals surface area contributed by atoms with Crippen molar-refractivity contribution in [1.82, 2.24) is 5.32 Å². The molecule has 3 nitrogen and oxygen atoms in total. The molecule has 1 aromatic carbocycles. The number of aromatic hydroxyl groups is 1. The maximum absolute atomic E-state index is 11.7. The van der Waals surface area contributed by atoms with Crippen molar-refractivity contribution in [3.05, 3.63) is 29.8 Å². The van der Waals surface area contributed by atoms with Gasteiger partial charge in [-0.3, -0.25) is 4.79 Å². The molecule has 0 aliphatic rings. The molecule has 0 saturated carbocycles. The van der Waals surface area contributed by atoms with Gasteiger partial charge in [-0.25, -0.2) is 0 Å². The number of hydrogen-bond donors (Lipinski definition) is 2. The fourth-order valence-electron chi connectivity index (χ4n) is 1.49. The summed E-state index contributed by atoms with van der Waals surface area (Å²) in [5, 5.41) is 12.3. The van der Waals surface area contributed by atoms with Gasteiger partial charge in [0.15, 0.2) is 5.78 Å². The largest absolute Gasteiger partial charge is 0.508 e. The molecular weight excluding hydrogens is 190 g/mol. The number of Topliss-reactive ketones (excluding diaryl/α,β-unsaturated/α-hetero) is 1. The summed E-state index contributed by atoms with van der Waals surface area (Å²) in [7, 11) is 0. The van der Waals surface area contributed by atoms with Crippen LogP contribution >= 0.6 is 0 Å². The van der Waals surface area contributed by atoms with Gasteiger partial charge in [-0.2, -0.15) is 0 Å². The Labute approximate surface area is 90.1 Å². The van der Waals surface area contributed by atoms with E-state index in [2.05, 4.69) is 5.32 Å². The van der Waals surface area contributed by atoms with E-state index in [-0.39, 0.29) is 17.6 Å². The van der Waals surface area contributed by atoms with E-state index in [1.807, 2.05) is 13.8 Å². The predicted molar refractivity (Wildman–Crippen MR) is 59.8 cm³/mol. The van der Waals surface area contributed by atoms with E-state index < -0.39 is 0 Å². The molecule has 0 fully saturated rings. The molecule has 0 heterocycles. The van der Waals surface area contributed by atoms with Gasteiger partial charge in [0.25, 0.3) is 0 Å². The van der Waals surface area contributed by atoms with Gasteiger partial charge in [0.1, 0.15) is 5.75 Å². The van der Waals surface area contributed by atoms with Crippen LogP contribution in [0, 0.1) is 0 Å². The average molecular weight is 207 g/mol. The van der Waals surface area contributed by atoms with E-state index in [4.69, 9.17) is 5.11 Å². The summed E-state index contributed by atoms with van der Waals surface area (Å²) in [5.74, 6) is 0.389. The van der Waals surface area contributed by atoms with Gasteiger partial charge >= 0.3 is 0 Å². The van der Waals surface area contributed by atoms with E-state index in [0.717, 1.165) is 12.1 Å². The predicted octanol–water partition coefficient (Wildman–Crippen LogP) is 2.02. The Hall–Kier alpha value is -1.35. The van der Waals surface area contributed by atoms with Crippen molar-refractivity contribution in [2.75, 3.05) is 6.54 Å². The van der Waals surface area contributed by atoms with Gasteiger partial charge in [0.2, 0.25) is 0 Å². The van der Waals surface area contributed by atoms with Gasteiger partial charge in [-0.1, -0.05) is 26.0 Å². The lowest BCUT2D eigenvalue weighted by atomic mass is 10.0. The third kappa shape index (κ3) is 3.06. The number of ketones is 1. The first-order valence-corrected chi connectivity index (χ1v) is 5.24. The summed E-state index contributed by atoms with van der Waals surface area (Å²) < 4.78 is 0. The molecule has 0 saturated heterocycles. The summed E-state index contributed by atoms with van der Waals surface area (Å²) in [4.78, 5) is 11.7. The average Bonchev–Trinajstić information content (AvgIpc) is 2.26. The van der Waals surface area contributed by atoms with Gasteiger partial charge < -0.3 is 10.4 Å². The number of phenolic OH excluding ortho intramolecular Hbond substituents is 1. The molecule has 0 radical (unpaired) electrons. The number of benzene rings is 1. The van der Waals surface area contributed by atoms with Crippen LogP contribution in [0.15, 0.2) is 24.3 Å². The fraction of sp³-hybridized carbons (Fsp3) is 0.417. The van der Waals surface area contributed by atoms with Crippen molar-refractivity contribution in [3.63, 3.8) is 0 Å². The second-order valence-corrected chi connectivity index (χ2v) is 3.40. The Kier molecular flexibility index (Phi) is 4.31. The highest BCUT2D eigenvalue weighted by atomic mass is 16.3. The van der Waals surface area contributed by atoms with E-state index in [0.29, 0.717) is 6.42 Å². The Balaban J connectivity index is 2.88. The number of rotatable bonds is 5. The van der Waals surface area contributed by atoms with E-state index in [9.17, 15) is 4.79 Å². The lowest BCUT2D eigenvalue weighted by Crippen LogP contribution is -2.27. The van der Waals surface area contributed by atoms with Crippen LogP contribution in [-0.4, -0.2) is 17.4 Å². The number of nitrogens with one attached hydrogen (secondary N) is 1. The van der Waals surface area contributed by atoms with Crippen molar-refractivity contribution in [2.24, 2.45) is 0 Å². The second-order valence-electron chi connectivity index (χ2n) is 3.40. The first kappa shape index (κ1) is 11.7. The topological polar surface area (TPSA) is 49.3 Å². The van der Waals surface area contributed by atoms with Gasteiger partial charge in [0, 0.05) is 6.42 Å². The normalized spacial score (nSPS) is 12.4. The molecule has 1 unspecified atom stereocenters. The molecule has 2 N–H and O–H groups in total. The number of phenols is 1. The molecule has 0 aliphatic carbocycles. The Morgan fingerprint density at radius 2 is 1.93 bits per heavy atom. The summed E-state index contributed by atoms with van der Waals surface area (Å²) in [5.41, 5.74) is 0.904. The molecule has 1 rings (SSSR count). The monoisotopic (exact) mass is 207 g/mol. The maximum atomic E-state index is 11.7. The lowest BCUT2D eigenvalue weighted by Gasteiger charge is -2.16. The summed E-state index contributed by atoms with van der Waals surface area (Å²) in [6.45, 7) is 4.57. The number of carbonyl (C=O) groups is 1. The Morgan fingerprint density at radius 1 is 1.33 bits per heavy atom. The van der Waals surface area contributed by atoms with Crippen LogP contribution in [0.25, 0.3) is 0 Å². The highest BCUT2D eigenvalue weighted by Gasteiger charge is 2.17. The van der Waals surface area contributed by atoms with E-state index >= 15 is 0 Å². The minimum Gasteiger partial charge on any atom is -0.508 e. The first-order chi connectivity index (χ1) is 7.19. The van der Waals surface area contributed by atoms with Crippen molar-refractivity contribution in [2.45, 2.75) is 26.3 Å². The minimum absolute atomic E-state index is 0.169. The molecule has 0 bridgehead atoms. The van der Waals surface area contributed by atoms with Gasteiger partial charge in [-0.15, -0.1) is 0 Å². The van der Waals surface area contributed by atoms with Crippen LogP contribution in [0.1, 0.15) is 31.9 Å². The van der Waals surface area contributed by atoms with Crippen LogP contribution in [0.5, 0.6) is 5.75 Å². The maximum Gasteiger partial charge on any atom is 0.153 e. The molecular formula is C12H17NO2. The molecule has 1 atom stereocenters. The molecule has 0 spiro atoms. The highest BCUT2D eigenvalue weighted by Crippen LogP contribution is 2.18.